The van der Waals surface area contributed by atoms with Crippen LogP contribution in [0.4, 0.5) is 19.0 Å². The molecule has 4 aromatic rings. The predicted octanol–water partition coefficient (Wildman–Crippen LogP) is 4.62. The summed E-state index contributed by atoms with van der Waals surface area (Å²) < 4.78 is 43.3. The van der Waals surface area contributed by atoms with Crippen LogP contribution in [0, 0.1) is 19.3 Å². The highest BCUT2D eigenvalue weighted by molar-refractivity contribution is 6.07. The number of likely N-dealkylation sites (tertiary alicyclic amines) is 1. The molecule has 1 aliphatic heterocycles. The Hall–Kier alpha value is -4.88. The number of pyridine rings is 1. The summed E-state index contributed by atoms with van der Waals surface area (Å²) in [7, 11) is 0. The zero-order chi connectivity index (χ0) is 31.6. The van der Waals surface area contributed by atoms with Crippen LogP contribution in [0.1, 0.15) is 48.6 Å². The Kier molecular flexibility index (Phi) is 6.89. The smallest absolute Gasteiger partial charge is 0.388 e. The summed E-state index contributed by atoms with van der Waals surface area (Å²) in [5, 5.41) is 7.63. The highest BCUT2D eigenvalue weighted by atomic mass is 19.4. The molecular weight excluding hydrogens is 579 g/mol. The number of amides is 2. The summed E-state index contributed by atoms with van der Waals surface area (Å²) in [6.45, 7) is 6.82. The summed E-state index contributed by atoms with van der Waals surface area (Å²) in [5.41, 5.74) is 2.92. The fourth-order valence-corrected chi connectivity index (χ4v) is 6.05. The number of hydrogen-bond donors (Lipinski definition) is 1. The van der Waals surface area contributed by atoms with Gasteiger partial charge in [0, 0.05) is 42.4 Å². The van der Waals surface area contributed by atoms with Crippen molar-refractivity contribution in [1.29, 1.82) is 0 Å². The van der Waals surface area contributed by atoms with Gasteiger partial charge < -0.3 is 15.0 Å². The molecule has 11 nitrogen and oxygen atoms in total. The first-order valence-corrected chi connectivity index (χ1v) is 13.9. The molecule has 14 heteroatoms. The second-order valence-electron chi connectivity index (χ2n) is 11.6. The molecule has 0 radical (unpaired) electrons. The molecule has 1 saturated heterocycles. The molecule has 0 spiro atoms. The molecule has 3 aromatic heterocycles. The average molecular weight is 608 g/mol. The van der Waals surface area contributed by atoms with Crippen LogP contribution in [0.25, 0.3) is 22.0 Å². The minimum atomic E-state index is -4.94. The minimum Gasteiger partial charge on any atom is -0.388 e. The van der Waals surface area contributed by atoms with Crippen LogP contribution < -0.4 is 10.1 Å². The summed E-state index contributed by atoms with van der Waals surface area (Å²) in [6.07, 6.45) is -0.438. The van der Waals surface area contributed by atoms with Crippen LogP contribution in [0.15, 0.2) is 42.7 Å². The number of fused-ring (bicyclic) bond motifs is 2. The van der Waals surface area contributed by atoms with E-state index in [1.807, 2.05) is 26.0 Å². The van der Waals surface area contributed by atoms with E-state index < -0.39 is 24.2 Å². The molecule has 4 heterocycles. The molecule has 3 atom stereocenters. The van der Waals surface area contributed by atoms with E-state index in [0.29, 0.717) is 23.1 Å². The highest BCUT2D eigenvalue weighted by Crippen LogP contribution is 2.59. The van der Waals surface area contributed by atoms with Gasteiger partial charge in [-0.25, -0.2) is 9.97 Å². The SMILES string of the molecule is CC(=O)c1nn(CC(=O)N2C3C[C@]3(C)C[C@H]2C(=O)Nc2cccc(OC(F)(F)F)n2)c2c(C)cc(-c3cnc(C)nc3)cc12. The number of aryl methyl sites for hydroxylation is 2. The number of hydrogen-bond acceptors (Lipinski definition) is 8. The van der Waals surface area contributed by atoms with E-state index in [4.69, 9.17) is 0 Å². The van der Waals surface area contributed by atoms with Crippen molar-refractivity contribution in [1.82, 2.24) is 29.6 Å². The quantitative estimate of drug-likeness (QED) is 0.301. The van der Waals surface area contributed by atoms with E-state index >= 15 is 0 Å². The van der Waals surface area contributed by atoms with E-state index in [-0.39, 0.29) is 41.2 Å². The van der Waals surface area contributed by atoms with Crippen molar-refractivity contribution >= 4 is 34.3 Å². The summed E-state index contributed by atoms with van der Waals surface area (Å²) >= 11 is 0. The predicted molar refractivity (Wildman–Crippen MR) is 152 cm³/mol. The second kappa shape index (κ2) is 10.4. The van der Waals surface area contributed by atoms with E-state index in [1.54, 1.807) is 19.3 Å². The molecule has 0 bridgehead atoms. The molecule has 2 aliphatic rings. The summed E-state index contributed by atoms with van der Waals surface area (Å²) in [4.78, 5) is 53.6. The molecular formula is C30H28F3N7O4. The van der Waals surface area contributed by atoms with Crippen molar-refractivity contribution in [2.75, 3.05) is 5.32 Å². The molecule has 2 fully saturated rings. The number of ether oxygens (including phenoxy) is 1. The molecule has 1 aliphatic carbocycles. The van der Waals surface area contributed by atoms with Gasteiger partial charge in [0.2, 0.25) is 17.7 Å². The third-order valence-electron chi connectivity index (χ3n) is 8.19. The number of carbonyl (C=O) groups excluding carboxylic acids is 3. The minimum absolute atomic E-state index is 0.135. The lowest BCUT2D eigenvalue weighted by Gasteiger charge is -2.27. The number of alkyl halides is 3. The standard InChI is InChI=1S/C30H28F3N7O4/c1-15-8-18(19-12-34-17(3)35-13-19)9-20-26(16(2)41)38-39(27(15)20)14-25(42)40-21(10-29(4)11-22(29)40)28(43)37-23-6-5-7-24(36-23)44-30(31,32)33/h5-9,12-13,21-22H,10-11,14H2,1-4H3,(H,36,37,43)/t21-,22?,29-/m0/s1. The maximum absolute atomic E-state index is 13.8. The number of rotatable bonds is 7. The zero-order valence-corrected chi connectivity index (χ0v) is 24.3. The van der Waals surface area contributed by atoms with Crippen LogP contribution in [-0.2, 0) is 16.1 Å². The number of Topliss-reactive ketones (excluding diaryl/α,β-unsaturated/α-hetero) is 1. The Balaban J connectivity index is 1.27. The van der Waals surface area contributed by atoms with E-state index in [1.165, 1.54) is 28.6 Å². The Morgan fingerprint density at radius 3 is 2.50 bits per heavy atom. The molecule has 1 aromatic carbocycles. The molecule has 44 heavy (non-hydrogen) atoms. The lowest BCUT2D eigenvalue weighted by atomic mass is 10.0. The lowest BCUT2D eigenvalue weighted by molar-refractivity contribution is -0.276. The molecule has 2 amide bonds. The van der Waals surface area contributed by atoms with Gasteiger partial charge in [0.1, 0.15) is 29.9 Å². The summed E-state index contributed by atoms with van der Waals surface area (Å²) in [5.74, 6) is -1.43. The van der Waals surface area contributed by atoms with Gasteiger partial charge in [-0.15, -0.1) is 13.2 Å². The number of nitrogens with zero attached hydrogens (tertiary/aromatic N) is 6. The van der Waals surface area contributed by atoms with Crippen LogP contribution in [0.3, 0.4) is 0 Å². The van der Waals surface area contributed by atoms with Gasteiger partial charge in [-0.2, -0.15) is 10.1 Å². The van der Waals surface area contributed by atoms with Gasteiger partial charge in [-0.1, -0.05) is 13.0 Å². The van der Waals surface area contributed by atoms with E-state index in [2.05, 4.69) is 30.1 Å². The zero-order valence-electron chi connectivity index (χ0n) is 24.3. The number of aromatic nitrogens is 5. The fraction of sp³-hybridized carbons (Fsp3) is 0.367. The van der Waals surface area contributed by atoms with Gasteiger partial charge in [-0.05, 0) is 61.4 Å². The van der Waals surface area contributed by atoms with E-state index in [0.717, 1.165) is 29.2 Å². The Labute approximate surface area is 249 Å². The van der Waals surface area contributed by atoms with Gasteiger partial charge in [0.25, 0.3) is 0 Å². The first-order chi connectivity index (χ1) is 20.7. The molecule has 1 N–H and O–H groups in total. The fourth-order valence-electron chi connectivity index (χ4n) is 6.05. The van der Waals surface area contributed by atoms with Gasteiger partial charge in [-0.3, -0.25) is 19.1 Å². The van der Waals surface area contributed by atoms with Gasteiger partial charge in [0.15, 0.2) is 5.78 Å². The Morgan fingerprint density at radius 2 is 1.82 bits per heavy atom. The highest BCUT2D eigenvalue weighted by Gasteiger charge is 2.64. The second-order valence-corrected chi connectivity index (χ2v) is 11.6. The number of benzene rings is 1. The number of piperidine rings is 1. The first-order valence-electron chi connectivity index (χ1n) is 13.9. The van der Waals surface area contributed by atoms with Crippen molar-refractivity contribution in [3.63, 3.8) is 0 Å². The van der Waals surface area contributed by atoms with Crippen molar-refractivity contribution in [2.45, 2.75) is 65.5 Å². The van der Waals surface area contributed by atoms with Crippen LogP contribution >= 0.6 is 0 Å². The monoisotopic (exact) mass is 607 g/mol. The number of halogens is 3. The van der Waals surface area contributed by atoms with Crippen molar-refractivity contribution in [2.24, 2.45) is 5.41 Å². The third-order valence-corrected chi connectivity index (χ3v) is 8.19. The molecule has 1 unspecified atom stereocenters. The van der Waals surface area contributed by atoms with Gasteiger partial charge in [0.05, 0.1) is 5.52 Å². The molecule has 228 valence electrons. The topological polar surface area (TPSA) is 132 Å². The Morgan fingerprint density at radius 1 is 1.09 bits per heavy atom. The molecule has 1 saturated carbocycles. The van der Waals surface area contributed by atoms with Crippen LogP contribution in [-0.4, -0.2) is 65.7 Å². The summed E-state index contributed by atoms with van der Waals surface area (Å²) in [6, 6.07) is 6.32. The first kappa shape index (κ1) is 29.2. The average Bonchev–Trinajstić information content (AvgIpc) is 3.29. The van der Waals surface area contributed by atoms with Crippen molar-refractivity contribution in [3.05, 3.63) is 59.8 Å². The lowest BCUT2D eigenvalue weighted by Crippen LogP contribution is -2.46. The normalized spacial score (nSPS) is 20.8. The number of carbonyl (C=O) groups is 3. The van der Waals surface area contributed by atoms with E-state index in [9.17, 15) is 27.6 Å². The van der Waals surface area contributed by atoms with Crippen LogP contribution in [0.2, 0.25) is 0 Å². The van der Waals surface area contributed by atoms with Crippen molar-refractivity contribution in [3.8, 4) is 17.0 Å². The maximum atomic E-state index is 13.8. The molecule has 6 rings (SSSR count). The number of ketones is 1. The van der Waals surface area contributed by atoms with Gasteiger partial charge >= 0.3 is 6.36 Å². The number of nitrogens with one attached hydrogen (secondary N) is 1. The van der Waals surface area contributed by atoms with Crippen LogP contribution in [0.5, 0.6) is 5.88 Å². The largest absolute Gasteiger partial charge is 0.574 e. The van der Waals surface area contributed by atoms with Crippen molar-refractivity contribution < 1.29 is 32.3 Å². The third kappa shape index (κ3) is 5.47. The number of anilines is 1. The maximum Gasteiger partial charge on any atom is 0.574 e. The Bertz CT molecular complexity index is 1820.